The monoisotopic (exact) mass is 257 g/mol. The van der Waals surface area contributed by atoms with Crippen LogP contribution >= 0.6 is 0 Å². The number of benzene rings is 2. The van der Waals surface area contributed by atoms with E-state index in [-0.39, 0.29) is 11.9 Å². The molecule has 2 nitrogen and oxygen atoms in total. The van der Waals surface area contributed by atoms with Crippen molar-refractivity contribution in [2.45, 2.75) is 19.5 Å². The maximum Gasteiger partial charge on any atom is 0.178 e. The standard InChI is InChI=1S/C16H16FNO/c1-12-11-19-16-14(17)8-5-9-15(16)18(12)10-13-6-3-2-4-7-13/h2-9,12H,10-11H2,1H3. The molecular weight excluding hydrogens is 241 g/mol. The van der Waals surface area contributed by atoms with Crippen molar-refractivity contribution in [2.75, 3.05) is 11.5 Å². The van der Waals surface area contributed by atoms with Crippen LogP contribution in [0, 0.1) is 5.82 Å². The molecule has 19 heavy (non-hydrogen) atoms. The first-order valence-electron chi connectivity index (χ1n) is 6.47. The van der Waals surface area contributed by atoms with Gasteiger partial charge < -0.3 is 9.64 Å². The van der Waals surface area contributed by atoms with Crippen LogP contribution in [-0.2, 0) is 6.54 Å². The Morgan fingerprint density at radius 2 is 1.95 bits per heavy atom. The molecule has 1 heterocycles. The summed E-state index contributed by atoms with van der Waals surface area (Å²) in [6, 6.07) is 15.5. The van der Waals surface area contributed by atoms with Crippen LogP contribution in [0.4, 0.5) is 10.1 Å². The van der Waals surface area contributed by atoms with Crippen LogP contribution in [0.3, 0.4) is 0 Å². The molecule has 0 saturated heterocycles. The Morgan fingerprint density at radius 1 is 1.16 bits per heavy atom. The first kappa shape index (κ1) is 12.0. The summed E-state index contributed by atoms with van der Waals surface area (Å²) in [6.45, 7) is 3.37. The summed E-state index contributed by atoms with van der Waals surface area (Å²) in [6.07, 6.45) is 0. The fraction of sp³-hybridized carbons (Fsp3) is 0.250. The lowest BCUT2D eigenvalue weighted by Gasteiger charge is -2.37. The van der Waals surface area contributed by atoms with Crippen molar-refractivity contribution in [3.63, 3.8) is 0 Å². The third kappa shape index (κ3) is 2.28. The molecule has 1 atom stereocenters. The zero-order valence-corrected chi connectivity index (χ0v) is 10.8. The van der Waals surface area contributed by atoms with Crippen LogP contribution in [0.1, 0.15) is 12.5 Å². The Bertz CT molecular complexity index is 570. The second-order valence-electron chi connectivity index (χ2n) is 4.86. The van der Waals surface area contributed by atoms with Gasteiger partial charge in [0.05, 0.1) is 11.7 Å². The minimum Gasteiger partial charge on any atom is -0.486 e. The summed E-state index contributed by atoms with van der Waals surface area (Å²) in [5, 5.41) is 0. The second-order valence-corrected chi connectivity index (χ2v) is 4.86. The molecule has 0 aromatic heterocycles. The molecule has 0 saturated carbocycles. The number of nitrogens with zero attached hydrogens (tertiary/aromatic N) is 1. The van der Waals surface area contributed by atoms with Crippen molar-refractivity contribution in [1.82, 2.24) is 0 Å². The van der Waals surface area contributed by atoms with E-state index in [2.05, 4.69) is 24.0 Å². The fourth-order valence-corrected chi connectivity index (χ4v) is 2.42. The molecule has 0 radical (unpaired) electrons. The Hall–Kier alpha value is -2.03. The number of hydrogen-bond acceptors (Lipinski definition) is 2. The molecule has 98 valence electrons. The van der Waals surface area contributed by atoms with Gasteiger partial charge in [0.1, 0.15) is 6.61 Å². The number of para-hydroxylation sites is 1. The molecule has 3 rings (SSSR count). The second kappa shape index (κ2) is 4.92. The lowest BCUT2D eigenvalue weighted by Crippen LogP contribution is -2.40. The number of fused-ring (bicyclic) bond motifs is 1. The van der Waals surface area contributed by atoms with Crippen LogP contribution < -0.4 is 9.64 Å². The molecule has 0 aliphatic carbocycles. The van der Waals surface area contributed by atoms with Gasteiger partial charge in [-0.15, -0.1) is 0 Å². The Balaban J connectivity index is 1.95. The zero-order valence-electron chi connectivity index (χ0n) is 10.8. The highest BCUT2D eigenvalue weighted by Gasteiger charge is 2.26. The van der Waals surface area contributed by atoms with Crippen molar-refractivity contribution in [2.24, 2.45) is 0 Å². The summed E-state index contributed by atoms with van der Waals surface area (Å²) in [7, 11) is 0. The topological polar surface area (TPSA) is 12.5 Å². The average Bonchev–Trinajstić information content (AvgIpc) is 2.43. The van der Waals surface area contributed by atoms with Gasteiger partial charge in [0.2, 0.25) is 0 Å². The minimum atomic E-state index is -0.289. The first-order valence-corrected chi connectivity index (χ1v) is 6.47. The minimum absolute atomic E-state index is 0.231. The molecule has 1 aliphatic rings. The van der Waals surface area contributed by atoms with Crippen LogP contribution in [0.15, 0.2) is 48.5 Å². The van der Waals surface area contributed by atoms with E-state index in [9.17, 15) is 4.39 Å². The average molecular weight is 257 g/mol. The molecule has 0 bridgehead atoms. The number of rotatable bonds is 2. The summed E-state index contributed by atoms with van der Waals surface area (Å²) in [5.41, 5.74) is 2.05. The van der Waals surface area contributed by atoms with Gasteiger partial charge in [0.15, 0.2) is 11.6 Å². The number of hydrogen-bond donors (Lipinski definition) is 0. The third-order valence-corrected chi connectivity index (χ3v) is 3.45. The van der Waals surface area contributed by atoms with E-state index in [0.717, 1.165) is 12.2 Å². The molecule has 0 amide bonds. The van der Waals surface area contributed by atoms with E-state index in [4.69, 9.17) is 4.74 Å². The van der Waals surface area contributed by atoms with Gasteiger partial charge in [-0.2, -0.15) is 0 Å². The van der Waals surface area contributed by atoms with Gasteiger partial charge in [-0.3, -0.25) is 0 Å². The Kier molecular flexibility index (Phi) is 3.11. The summed E-state index contributed by atoms with van der Waals surface area (Å²) in [5.74, 6) is 0.0824. The van der Waals surface area contributed by atoms with Crippen molar-refractivity contribution < 1.29 is 9.13 Å². The first-order chi connectivity index (χ1) is 9.25. The van der Waals surface area contributed by atoms with Gasteiger partial charge in [0, 0.05) is 6.54 Å². The lowest BCUT2D eigenvalue weighted by atomic mass is 10.1. The number of halogens is 1. The van der Waals surface area contributed by atoms with E-state index >= 15 is 0 Å². The molecule has 2 aromatic carbocycles. The molecule has 0 spiro atoms. The lowest BCUT2D eigenvalue weighted by molar-refractivity contribution is 0.256. The van der Waals surface area contributed by atoms with Crippen LogP contribution in [0.5, 0.6) is 5.75 Å². The highest BCUT2D eigenvalue weighted by molar-refractivity contribution is 5.61. The van der Waals surface area contributed by atoms with Gasteiger partial charge in [0.25, 0.3) is 0 Å². The van der Waals surface area contributed by atoms with Gasteiger partial charge >= 0.3 is 0 Å². The van der Waals surface area contributed by atoms with Crippen molar-refractivity contribution in [3.05, 3.63) is 59.9 Å². The summed E-state index contributed by atoms with van der Waals surface area (Å²) < 4.78 is 19.3. The molecule has 1 aliphatic heterocycles. The molecule has 0 N–H and O–H groups in total. The normalized spacial score (nSPS) is 17.8. The van der Waals surface area contributed by atoms with E-state index in [1.54, 1.807) is 6.07 Å². The fourth-order valence-electron chi connectivity index (χ4n) is 2.42. The number of anilines is 1. The summed E-state index contributed by atoms with van der Waals surface area (Å²) in [4.78, 5) is 2.19. The molecule has 0 fully saturated rings. The smallest absolute Gasteiger partial charge is 0.178 e. The maximum atomic E-state index is 13.8. The highest BCUT2D eigenvalue weighted by atomic mass is 19.1. The van der Waals surface area contributed by atoms with Gasteiger partial charge in [-0.25, -0.2) is 4.39 Å². The van der Waals surface area contributed by atoms with Crippen LogP contribution in [0.2, 0.25) is 0 Å². The SMILES string of the molecule is CC1COc2c(F)cccc2N1Cc1ccccc1. The predicted molar refractivity (Wildman–Crippen MR) is 74.0 cm³/mol. The van der Waals surface area contributed by atoms with E-state index in [0.29, 0.717) is 12.4 Å². The summed E-state index contributed by atoms with van der Waals surface area (Å²) >= 11 is 0. The van der Waals surface area contributed by atoms with E-state index in [1.807, 2.05) is 24.3 Å². The van der Waals surface area contributed by atoms with Crippen LogP contribution in [-0.4, -0.2) is 12.6 Å². The quantitative estimate of drug-likeness (QED) is 0.814. The largest absolute Gasteiger partial charge is 0.486 e. The Labute approximate surface area is 112 Å². The zero-order chi connectivity index (χ0) is 13.2. The Morgan fingerprint density at radius 3 is 2.74 bits per heavy atom. The van der Waals surface area contributed by atoms with Crippen molar-refractivity contribution in [1.29, 1.82) is 0 Å². The maximum absolute atomic E-state index is 13.8. The van der Waals surface area contributed by atoms with Crippen molar-refractivity contribution in [3.8, 4) is 5.75 Å². The molecule has 2 aromatic rings. The molecule has 1 unspecified atom stereocenters. The van der Waals surface area contributed by atoms with E-state index in [1.165, 1.54) is 11.6 Å². The van der Waals surface area contributed by atoms with Crippen LogP contribution in [0.25, 0.3) is 0 Å². The predicted octanol–water partition coefficient (Wildman–Crippen LogP) is 3.61. The molecule has 3 heteroatoms. The van der Waals surface area contributed by atoms with E-state index < -0.39 is 0 Å². The van der Waals surface area contributed by atoms with Gasteiger partial charge in [-0.1, -0.05) is 36.4 Å². The number of ether oxygens (including phenoxy) is 1. The highest BCUT2D eigenvalue weighted by Crippen LogP contribution is 2.36. The van der Waals surface area contributed by atoms with Crippen molar-refractivity contribution >= 4 is 5.69 Å². The molecular formula is C16H16FNO. The third-order valence-electron chi connectivity index (χ3n) is 3.45. The van der Waals surface area contributed by atoms with Gasteiger partial charge in [-0.05, 0) is 24.6 Å².